The smallest absolute Gasteiger partial charge is 0.270 e. The molecule has 0 spiro atoms. The van der Waals surface area contributed by atoms with Gasteiger partial charge < -0.3 is 10.1 Å². The highest BCUT2D eigenvalue weighted by Gasteiger charge is 2.27. The molecule has 0 fully saturated rings. The Hall–Kier alpha value is -2.43. The van der Waals surface area contributed by atoms with Gasteiger partial charge in [0.2, 0.25) is 0 Å². The number of ether oxygens (including phenoxy) is 1. The summed E-state index contributed by atoms with van der Waals surface area (Å²) in [5, 5.41) is 2.98. The van der Waals surface area contributed by atoms with Crippen molar-refractivity contribution in [2.75, 3.05) is 13.7 Å². The van der Waals surface area contributed by atoms with Gasteiger partial charge in [-0.05, 0) is 44.2 Å². The van der Waals surface area contributed by atoms with Gasteiger partial charge in [0.25, 0.3) is 5.91 Å². The van der Waals surface area contributed by atoms with Gasteiger partial charge in [-0.25, -0.2) is 9.97 Å². The summed E-state index contributed by atoms with van der Waals surface area (Å²) in [6.07, 6.45) is 1.77. The second-order valence-electron chi connectivity index (χ2n) is 6.56. The number of aryl methyl sites for hydroxylation is 2. The zero-order valence-electron chi connectivity index (χ0n) is 15.7. The van der Waals surface area contributed by atoms with E-state index in [-0.39, 0.29) is 11.3 Å². The number of amides is 1. The molecule has 0 saturated heterocycles. The van der Waals surface area contributed by atoms with Crippen LogP contribution in [0.2, 0.25) is 0 Å². The minimum Gasteiger partial charge on any atom is -0.496 e. The summed E-state index contributed by atoms with van der Waals surface area (Å²) in [6.45, 7) is 8.59. The van der Waals surface area contributed by atoms with Gasteiger partial charge in [-0.1, -0.05) is 32.0 Å². The van der Waals surface area contributed by atoms with E-state index in [0.717, 1.165) is 24.3 Å². The standard InChI is InChI=1S/C20H27N3O2/c1-6-20(4,16-9-7-8-10-18(16)25-5)11-12-21-19(24)17-13-14(2)22-15(3)23-17/h7-10,13H,6,11-12H2,1-5H3,(H,21,24). The van der Waals surface area contributed by atoms with Crippen LogP contribution < -0.4 is 10.1 Å². The average molecular weight is 341 g/mol. The van der Waals surface area contributed by atoms with E-state index in [1.165, 1.54) is 5.56 Å². The van der Waals surface area contributed by atoms with E-state index in [9.17, 15) is 4.79 Å². The molecule has 2 rings (SSSR count). The Labute approximate surface area is 149 Å². The van der Waals surface area contributed by atoms with Crippen molar-refractivity contribution in [2.24, 2.45) is 0 Å². The number of rotatable bonds is 7. The van der Waals surface area contributed by atoms with Gasteiger partial charge in [0.1, 0.15) is 17.3 Å². The maximum atomic E-state index is 12.4. The molecule has 25 heavy (non-hydrogen) atoms. The minimum absolute atomic E-state index is 0.0720. The number of nitrogens with one attached hydrogen (secondary N) is 1. The van der Waals surface area contributed by atoms with E-state index in [0.29, 0.717) is 18.1 Å². The zero-order valence-corrected chi connectivity index (χ0v) is 15.7. The van der Waals surface area contributed by atoms with Crippen molar-refractivity contribution in [1.29, 1.82) is 0 Å². The van der Waals surface area contributed by atoms with E-state index in [4.69, 9.17) is 4.74 Å². The number of carbonyl (C=O) groups excluding carboxylic acids is 1. The average Bonchev–Trinajstić information content (AvgIpc) is 2.60. The van der Waals surface area contributed by atoms with Crippen molar-refractivity contribution < 1.29 is 9.53 Å². The lowest BCUT2D eigenvalue weighted by atomic mass is 9.77. The van der Waals surface area contributed by atoms with Crippen LogP contribution in [0.3, 0.4) is 0 Å². The third-order valence-electron chi connectivity index (χ3n) is 4.70. The molecule has 1 aromatic carbocycles. The minimum atomic E-state index is -0.160. The van der Waals surface area contributed by atoms with E-state index in [1.54, 1.807) is 20.1 Å². The molecule has 1 heterocycles. The first-order valence-electron chi connectivity index (χ1n) is 8.63. The fourth-order valence-corrected chi connectivity index (χ4v) is 3.02. The van der Waals surface area contributed by atoms with Gasteiger partial charge in [-0.15, -0.1) is 0 Å². The van der Waals surface area contributed by atoms with Gasteiger partial charge >= 0.3 is 0 Å². The Bertz CT molecular complexity index is 725. The number of para-hydroxylation sites is 1. The van der Waals surface area contributed by atoms with Crippen molar-refractivity contribution in [1.82, 2.24) is 15.3 Å². The van der Waals surface area contributed by atoms with Crippen molar-refractivity contribution in [2.45, 2.75) is 46.0 Å². The van der Waals surface area contributed by atoms with Crippen molar-refractivity contribution >= 4 is 5.91 Å². The summed E-state index contributed by atoms with van der Waals surface area (Å²) in [5.74, 6) is 1.34. The van der Waals surface area contributed by atoms with Gasteiger partial charge in [0, 0.05) is 17.8 Å². The van der Waals surface area contributed by atoms with Crippen molar-refractivity contribution in [3.05, 3.63) is 53.1 Å². The van der Waals surface area contributed by atoms with Gasteiger partial charge in [0.05, 0.1) is 7.11 Å². The normalized spacial score (nSPS) is 13.2. The van der Waals surface area contributed by atoms with Crippen LogP contribution in [0.25, 0.3) is 0 Å². The van der Waals surface area contributed by atoms with E-state index >= 15 is 0 Å². The van der Waals surface area contributed by atoms with Gasteiger partial charge in [0.15, 0.2) is 0 Å². The van der Waals surface area contributed by atoms with E-state index in [1.807, 2.05) is 25.1 Å². The largest absolute Gasteiger partial charge is 0.496 e. The summed E-state index contributed by atoms with van der Waals surface area (Å²) < 4.78 is 5.51. The Morgan fingerprint density at radius 2 is 1.96 bits per heavy atom. The summed E-state index contributed by atoms with van der Waals surface area (Å²) in [6, 6.07) is 9.79. The Morgan fingerprint density at radius 1 is 1.24 bits per heavy atom. The third kappa shape index (κ3) is 4.56. The first-order chi connectivity index (χ1) is 11.9. The Balaban J connectivity index is 2.06. The number of hydrogen-bond donors (Lipinski definition) is 1. The van der Waals surface area contributed by atoms with E-state index in [2.05, 4.69) is 35.2 Å². The van der Waals surface area contributed by atoms with Crippen LogP contribution in [0.1, 0.15) is 54.3 Å². The Morgan fingerprint density at radius 3 is 2.60 bits per heavy atom. The van der Waals surface area contributed by atoms with Crippen LogP contribution in [-0.2, 0) is 5.41 Å². The van der Waals surface area contributed by atoms with Crippen molar-refractivity contribution in [3.63, 3.8) is 0 Å². The van der Waals surface area contributed by atoms with Crippen LogP contribution >= 0.6 is 0 Å². The van der Waals surface area contributed by atoms with Crippen LogP contribution in [0.5, 0.6) is 5.75 Å². The summed E-state index contributed by atoms with van der Waals surface area (Å²) >= 11 is 0. The molecule has 0 aliphatic rings. The lowest BCUT2D eigenvalue weighted by Gasteiger charge is -2.30. The highest BCUT2D eigenvalue weighted by molar-refractivity contribution is 5.92. The molecule has 5 heteroatoms. The lowest BCUT2D eigenvalue weighted by molar-refractivity contribution is 0.0945. The number of hydrogen-bond acceptors (Lipinski definition) is 4. The molecule has 0 saturated carbocycles. The first kappa shape index (κ1) is 18.9. The van der Waals surface area contributed by atoms with Gasteiger partial charge in [-0.3, -0.25) is 4.79 Å². The number of carbonyl (C=O) groups is 1. The predicted octanol–water partition coefficient (Wildman–Crippen LogP) is 3.59. The highest BCUT2D eigenvalue weighted by atomic mass is 16.5. The first-order valence-corrected chi connectivity index (χ1v) is 8.63. The molecule has 0 aliphatic heterocycles. The molecule has 1 N–H and O–H groups in total. The molecule has 0 aliphatic carbocycles. The SMILES string of the molecule is CCC(C)(CCNC(=O)c1cc(C)nc(C)n1)c1ccccc1OC. The second-order valence-corrected chi connectivity index (χ2v) is 6.56. The quantitative estimate of drug-likeness (QED) is 0.836. The molecule has 1 atom stereocenters. The molecule has 1 amide bonds. The third-order valence-corrected chi connectivity index (χ3v) is 4.70. The second kappa shape index (κ2) is 8.10. The molecule has 1 unspecified atom stereocenters. The fourth-order valence-electron chi connectivity index (χ4n) is 3.02. The van der Waals surface area contributed by atoms with Crippen molar-refractivity contribution in [3.8, 4) is 5.75 Å². The highest BCUT2D eigenvalue weighted by Crippen LogP contribution is 2.36. The molecule has 0 bridgehead atoms. The molecular formula is C20H27N3O2. The molecular weight excluding hydrogens is 314 g/mol. The van der Waals surface area contributed by atoms with E-state index < -0.39 is 0 Å². The number of aromatic nitrogens is 2. The van der Waals surface area contributed by atoms with Crippen LogP contribution in [0.15, 0.2) is 30.3 Å². The molecule has 2 aromatic rings. The number of methoxy groups -OCH3 is 1. The number of nitrogens with zero attached hydrogens (tertiary/aromatic N) is 2. The molecule has 1 aromatic heterocycles. The topological polar surface area (TPSA) is 64.1 Å². The summed E-state index contributed by atoms with van der Waals surface area (Å²) in [4.78, 5) is 20.8. The predicted molar refractivity (Wildman–Crippen MR) is 99.1 cm³/mol. The summed E-state index contributed by atoms with van der Waals surface area (Å²) in [5.41, 5.74) is 2.31. The number of benzene rings is 1. The lowest BCUT2D eigenvalue weighted by Crippen LogP contribution is -2.32. The van der Waals surface area contributed by atoms with Gasteiger partial charge in [-0.2, -0.15) is 0 Å². The monoisotopic (exact) mass is 341 g/mol. The zero-order chi connectivity index (χ0) is 18.4. The Kier molecular flexibility index (Phi) is 6.12. The fraction of sp³-hybridized carbons (Fsp3) is 0.450. The maximum Gasteiger partial charge on any atom is 0.270 e. The maximum absolute atomic E-state index is 12.4. The van der Waals surface area contributed by atoms with Crippen LogP contribution in [0, 0.1) is 13.8 Å². The molecule has 134 valence electrons. The molecule has 5 nitrogen and oxygen atoms in total. The molecule has 0 radical (unpaired) electrons. The van der Waals surface area contributed by atoms with Crippen LogP contribution in [0.4, 0.5) is 0 Å². The van der Waals surface area contributed by atoms with Crippen LogP contribution in [-0.4, -0.2) is 29.5 Å². The summed E-state index contributed by atoms with van der Waals surface area (Å²) in [7, 11) is 1.69.